The first-order valence-corrected chi connectivity index (χ1v) is 12.8. The quantitative estimate of drug-likeness (QED) is 0.470. The maximum absolute atomic E-state index is 2.25. The molecular formula is C12H20S4Se. The zero-order valence-electron chi connectivity index (χ0n) is 10.0. The summed E-state index contributed by atoms with van der Waals surface area (Å²) in [6, 6.07) is 0. The van der Waals surface area contributed by atoms with Crippen molar-refractivity contribution >= 4 is 62.0 Å². The number of hydrogen-bond donors (Lipinski definition) is 0. The molecule has 98 valence electrons. The van der Waals surface area contributed by atoms with Crippen LogP contribution in [-0.2, 0) is 0 Å². The van der Waals surface area contributed by atoms with E-state index < -0.39 is 0 Å². The molecule has 0 radical (unpaired) electrons. The molecule has 0 N–H and O–H groups in total. The predicted octanol–water partition coefficient (Wildman–Crippen LogP) is 3.76. The van der Waals surface area contributed by atoms with Gasteiger partial charge in [0.05, 0.1) is 0 Å². The number of rotatable bonds is 8. The van der Waals surface area contributed by atoms with Crippen LogP contribution in [0, 0.1) is 0 Å². The topological polar surface area (TPSA) is 0 Å². The monoisotopic (exact) mass is 372 g/mol. The van der Waals surface area contributed by atoms with Crippen molar-refractivity contribution in [2.24, 2.45) is 0 Å². The Balaban J connectivity index is 1.22. The van der Waals surface area contributed by atoms with Crippen molar-refractivity contribution in [1.29, 1.82) is 0 Å². The molecule has 3 rings (SSSR count). The van der Waals surface area contributed by atoms with E-state index in [4.69, 9.17) is 0 Å². The summed E-state index contributed by atoms with van der Waals surface area (Å²) >= 11 is 9.76. The van der Waals surface area contributed by atoms with Gasteiger partial charge < -0.3 is 0 Å². The Hall–Kier alpha value is 1.92. The molecule has 0 aromatic carbocycles. The second kappa shape index (κ2) is 7.08. The van der Waals surface area contributed by atoms with Gasteiger partial charge in [0.2, 0.25) is 0 Å². The average Bonchev–Trinajstić information content (AvgIpc) is 3.22. The maximum atomic E-state index is 2.25. The fourth-order valence-electron chi connectivity index (χ4n) is 2.02. The average molecular weight is 372 g/mol. The molecule has 4 atom stereocenters. The van der Waals surface area contributed by atoms with E-state index in [9.17, 15) is 0 Å². The van der Waals surface area contributed by atoms with Gasteiger partial charge >= 0.3 is 129 Å². The van der Waals surface area contributed by atoms with Crippen molar-refractivity contribution in [2.75, 3.05) is 34.5 Å². The summed E-state index contributed by atoms with van der Waals surface area (Å²) in [5.74, 6) is 8.74. The molecule has 0 spiro atoms. The van der Waals surface area contributed by atoms with E-state index in [1.54, 1.807) is 12.8 Å². The summed E-state index contributed by atoms with van der Waals surface area (Å²) in [6.07, 6.45) is 3.10. The van der Waals surface area contributed by atoms with E-state index in [-0.39, 0.29) is 0 Å². The fourth-order valence-corrected chi connectivity index (χ4v) is 10.7. The normalized spacial score (nSPS) is 39.5. The first-order chi connectivity index (χ1) is 8.40. The van der Waals surface area contributed by atoms with Crippen molar-refractivity contribution in [2.45, 2.75) is 33.0 Å². The summed E-state index contributed by atoms with van der Waals surface area (Å²) in [5.41, 5.74) is 0. The van der Waals surface area contributed by atoms with Gasteiger partial charge in [0, 0.05) is 0 Å². The van der Waals surface area contributed by atoms with Crippen LogP contribution < -0.4 is 0 Å². The van der Waals surface area contributed by atoms with Crippen molar-refractivity contribution in [3.05, 3.63) is 0 Å². The molecule has 3 aliphatic rings. The molecule has 0 nitrogen and oxygen atoms in total. The zero-order chi connectivity index (χ0) is 11.5. The predicted molar refractivity (Wildman–Crippen MR) is 89.6 cm³/mol. The van der Waals surface area contributed by atoms with Gasteiger partial charge in [-0.05, 0) is 0 Å². The third kappa shape index (κ3) is 5.43. The van der Waals surface area contributed by atoms with Crippen molar-refractivity contribution in [1.82, 2.24) is 0 Å². The van der Waals surface area contributed by atoms with Gasteiger partial charge in [0.1, 0.15) is 0 Å². The first kappa shape index (κ1) is 13.9. The minimum atomic E-state index is 0.966. The van der Waals surface area contributed by atoms with Gasteiger partial charge in [0.25, 0.3) is 0 Å². The van der Waals surface area contributed by atoms with E-state index in [1.807, 2.05) is 0 Å². The van der Waals surface area contributed by atoms with Crippen LogP contribution in [-0.4, -0.2) is 60.0 Å². The molecule has 3 aliphatic heterocycles. The molecule has 0 amide bonds. The van der Waals surface area contributed by atoms with Gasteiger partial charge in [-0.1, -0.05) is 0 Å². The van der Waals surface area contributed by atoms with E-state index in [2.05, 4.69) is 47.0 Å². The van der Waals surface area contributed by atoms with Crippen LogP contribution in [0.5, 0.6) is 0 Å². The second-order valence-electron chi connectivity index (χ2n) is 4.94. The molecule has 0 aromatic heterocycles. The van der Waals surface area contributed by atoms with Gasteiger partial charge in [-0.3, -0.25) is 0 Å². The van der Waals surface area contributed by atoms with Crippen LogP contribution >= 0.6 is 47.0 Å². The third-order valence-corrected chi connectivity index (χ3v) is 12.4. The molecule has 0 aromatic rings. The Kier molecular flexibility index (Phi) is 5.78. The first-order valence-electron chi connectivity index (χ1n) is 6.44. The molecule has 0 saturated carbocycles. The van der Waals surface area contributed by atoms with Crippen LogP contribution in [0.3, 0.4) is 0 Å². The van der Waals surface area contributed by atoms with Crippen LogP contribution in [0.15, 0.2) is 0 Å². The Morgan fingerprint density at radius 2 is 1.29 bits per heavy atom. The summed E-state index contributed by atoms with van der Waals surface area (Å²) in [7, 11) is 0. The van der Waals surface area contributed by atoms with E-state index >= 15 is 0 Å². The summed E-state index contributed by atoms with van der Waals surface area (Å²) in [6.45, 7) is 0. The van der Waals surface area contributed by atoms with Crippen molar-refractivity contribution in [3.8, 4) is 0 Å². The second-order valence-corrected chi connectivity index (χ2v) is 13.1. The summed E-state index contributed by atoms with van der Waals surface area (Å²) < 4.78 is 0. The third-order valence-electron chi connectivity index (χ3n) is 3.22. The number of thioether (sulfide) groups is 4. The van der Waals surface area contributed by atoms with Crippen LogP contribution in [0.25, 0.3) is 0 Å². The Bertz CT molecular complexity index is 219. The SMILES string of the molecule is C(SCC1CCC(CSCC2CS2)[Se]1)C1CS1. The molecule has 0 bridgehead atoms. The Morgan fingerprint density at radius 3 is 1.71 bits per heavy atom. The van der Waals surface area contributed by atoms with Gasteiger partial charge in [-0.15, -0.1) is 0 Å². The molecule has 0 aliphatic carbocycles. The van der Waals surface area contributed by atoms with E-state index in [0.29, 0.717) is 0 Å². The Labute approximate surface area is 129 Å². The molecule has 3 heterocycles. The molecule has 3 fully saturated rings. The summed E-state index contributed by atoms with van der Waals surface area (Å²) in [5, 5.41) is 2.08. The van der Waals surface area contributed by atoms with Crippen molar-refractivity contribution in [3.63, 3.8) is 0 Å². The van der Waals surface area contributed by atoms with Crippen LogP contribution in [0.4, 0.5) is 0 Å². The molecule has 17 heavy (non-hydrogen) atoms. The molecule has 4 unspecified atom stereocenters. The van der Waals surface area contributed by atoms with Gasteiger partial charge in [-0.25, -0.2) is 0 Å². The molecule has 5 heteroatoms. The van der Waals surface area contributed by atoms with E-state index in [1.165, 1.54) is 34.5 Å². The number of hydrogen-bond acceptors (Lipinski definition) is 4. The fraction of sp³-hybridized carbons (Fsp3) is 1.00. The Morgan fingerprint density at radius 1 is 0.824 bits per heavy atom. The van der Waals surface area contributed by atoms with Crippen LogP contribution in [0.1, 0.15) is 12.8 Å². The molecule has 3 saturated heterocycles. The van der Waals surface area contributed by atoms with E-state index in [0.717, 1.165) is 35.1 Å². The zero-order valence-corrected chi connectivity index (χ0v) is 15.0. The van der Waals surface area contributed by atoms with Crippen molar-refractivity contribution < 1.29 is 0 Å². The summed E-state index contributed by atoms with van der Waals surface area (Å²) in [4.78, 5) is 2.24. The molecular weight excluding hydrogens is 351 g/mol. The minimum absolute atomic E-state index is 0.966. The van der Waals surface area contributed by atoms with Crippen LogP contribution in [0.2, 0.25) is 9.63 Å². The van der Waals surface area contributed by atoms with Gasteiger partial charge in [-0.2, -0.15) is 0 Å². The standard InChI is InChI=1S/C12H20S4Se/c1-2-12(8-14-4-10-6-16-10)17-11(1)7-13-3-9-5-15-9/h9-12H,1-8H2. The van der Waals surface area contributed by atoms with Gasteiger partial charge in [0.15, 0.2) is 0 Å².